The van der Waals surface area contributed by atoms with E-state index >= 15 is 0 Å². The Bertz CT molecular complexity index is 719. The second-order valence-corrected chi connectivity index (χ2v) is 5.96. The van der Waals surface area contributed by atoms with Gasteiger partial charge in [0, 0.05) is 24.0 Å². The zero-order chi connectivity index (χ0) is 14.8. The zero-order valence-corrected chi connectivity index (χ0v) is 11.6. The van der Waals surface area contributed by atoms with Crippen LogP contribution in [-0.2, 0) is 10.0 Å². The van der Waals surface area contributed by atoms with Crippen molar-refractivity contribution in [2.45, 2.75) is 17.9 Å². The lowest BCUT2D eigenvalue weighted by atomic mass is 10.1. The number of sulfonamides is 1. The molecule has 0 amide bonds. The molecule has 1 unspecified atom stereocenters. The highest BCUT2D eigenvalue weighted by atomic mass is 32.2. The van der Waals surface area contributed by atoms with Crippen molar-refractivity contribution in [2.75, 3.05) is 5.73 Å². The van der Waals surface area contributed by atoms with E-state index in [1.807, 2.05) is 0 Å². The van der Waals surface area contributed by atoms with Gasteiger partial charge in [0.15, 0.2) is 0 Å². The number of nitrogens with two attached hydrogens (primary N) is 1. The minimum Gasteiger partial charge on any atom is -0.398 e. The number of halogens is 1. The van der Waals surface area contributed by atoms with Crippen molar-refractivity contribution in [3.05, 3.63) is 54.1 Å². The molecule has 2 rings (SSSR count). The van der Waals surface area contributed by atoms with E-state index in [1.54, 1.807) is 19.1 Å². The van der Waals surface area contributed by atoms with Crippen molar-refractivity contribution in [2.24, 2.45) is 0 Å². The number of hydrogen-bond acceptors (Lipinski definition) is 4. The van der Waals surface area contributed by atoms with Crippen LogP contribution in [0.3, 0.4) is 0 Å². The molecule has 0 saturated carbocycles. The Morgan fingerprint density at radius 2 is 2.00 bits per heavy atom. The van der Waals surface area contributed by atoms with E-state index < -0.39 is 21.9 Å². The molecular formula is C13H14FN3O2S. The van der Waals surface area contributed by atoms with Crippen molar-refractivity contribution in [1.29, 1.82) is 0 Å². The number of hydrogen-bond donors (Lipinski definition) is 2. The van der Waals surface area contributed by atoms with Crippen molar-refractivity contribution in [3.63, 3.8) is 0 Å². The summed E-state index contributed by atoms with van der Waals surface area (Å²) < 4.78 is 40.4. The third-order valence-electron chi connectivity index (χ3n) is 2.81. The summed E-state index contributed by atoms with van der Waals surface area (Å²) in [6.45, 7) is 1.56. The van der Waals surface area contributed by atoms with Crippen LogP contribution in [0.2, 0.25) is 0 Å². The number of benzene rings is 1. The number of nitrogens with zero attached hydrogens (tertiary/aromatic N) is 1. The normalized spacial score (nSPS) is 13.1. The van der Waals surface area contributed by atoms with Gasteiger partial charge in [0.1, 0.15) is 10.7 Å². The van der Waals surface area contributed by atoms with Crippen LogP contribution in [0.5, 0.6) is 0 Å². The molecule has 0 aliphatic rings. The summed E-state index contributed by atoms with van der Waals surface area (Å²) in [5.74, 6) is -0.471. The quantitative estimate of drug-likeness (QED) is 0.901. The van der Waals surface area contributed by atoms with Gasteiger partial charge in [-0.15, -0.1) is 0 Å². The molecule has 0 bridgehead atoms. The van der Waals surface area contributed by atoms with E-state index in [0.717, 1.165) is 6.20 Å². The van der Waals surface area contributed by atoms with E-state index in [1.165, 1.54) is 24.4 Å². The van der Waals surface area contributed by atoms with Crippen LogP contribution in [0.1, 0.15) is 18.5 Å². The summed E-state index contributed by atoms with van der Waals surface area (Å²) >= 11 is 0. The number of pyridine rings is 1. The Hall–Kier alpha value is -1.99. The molecule has 2 aromatic rings. The Balaban J connectivity index is 2.30. The largest absolute Gasteiger partial charge is 0.398 e. The topological polar surface area (TPSA) is 85.1 Å². The van der Waals surface area contributed by atoms with Gasteiger partial charge >= 0.3 is 0 Å². The molecule has 0 aliphatic heterocycles. The molecule has 0 aliphatic carbocycles. The van der Waals surface area contributed by atoms with Gasteiger partial charge in [-0.3, -0.25) is 4.98 Å². The van der Waals surface area contributed by atoms with Gasteiger partial charge in [-0.2, -0.15) is 0 Å². The summed E-state index contributed by atoms with van der Waals surface area (Å²) in [4.78, 5) is 3.61. The van der Waals surface area contributed by atoms with Crippen molar-refractivity contribution in [1.82, 2.24) is 9.71 Å². The lowest BCUT2D eigenvalue weighted by Crippen LogP contribution is -2.28. The summed E-state index contributed by atoms with van der Waals surface area (Å²) in [5.41, 5.74) is 5.97. The zero-order valence-electron chi connectivity index (χ0n) is 10.7. The van der Waals surface area contributed by atoms with E-state index in [9.17, 15) is 12.8 Å². The third kappa shape index (κ3) is 2.94. The summed E-state index contributed by atoms with van der Waals surface area (Å²) in [6.07, 6.45) is 2.56. The Labute approximate surface area is 116 Å². The molecular weight excluding hydrogens is 281 g/mol. The van der Waals surface area contributed by atoms with Crippen LogP contribution in [0.15, 0.2) is 47.6 Å². The van der Waals surface area contributed by atoms with Crippen LogP contribution in [-0.4, -0.2) is 13.4 Å². The first kappa shape index (κ1) is 14.4. The molecule has 0 saturated heterocycles. The van der Waals surface area contributed by atoms with Crippen molar-refractivity contribution < 1.29 is 12.8 Å². The third-order valence-corrected chi connectivity index (χ3v) is 4.39. The van der Waals surface area contributed by atoms with E-state index in [2.05, 4.69) is 9.71 Å². The van der Waals surface area contributed by atoms with Gasteiger partial charge in [-0.1, -0.05) is 18.2 Å². The van der Waals surface area contributed by atoms with Gasteiger partial charge in [-0.05, 0) is 19.1 Å². The van der Waals surface area contributed by atoms with Gasteiger partial charge in [0.2, 0.25) is 10.0 Å². The number of rotatable bonds is 4. The molecule has 1 aromatic heterocycles. The van der Waals surface area contributed by atoms with Crippen molar-refractivity contribution >= 4 is 15.7 Å². The number of aromatic nitrogens is 1. The number of nitrogens with one attached hydrogen (secondary N) is 1. The summed E-state index contributed by atoms with van der Waals surface area (Å²) in [5, 5.41) is 0. The summed E-state index contributed by atoms with van der Waals surface area (Å²) in [7, 11) is -3.86. The first-order valence-corrected chi connectivity index (χ1v) is 7.36. The van der Waals surface area contributed by atoms with Crippen LogP contribution >= 0.6 is 0 Å². The fraction of sp³-hybridized carbons (Fsp3) is 0.154. The highest BCUT2D eigenvalue weighted by molar-refractivity contribution is 7.89. The maximum Gasteiger partial charge on any atom is 0.244 e. The average Bonchev–Trinajstić information content (AvgIpc) is 2.38. The Morgan fingerprint density at radius 1 is 1.30 bits per heavy atom. The monoisotopic (exact) mass is 295 g/mol. The van der Waals surface area contributed by atoms with E-state index in [0.29, 0.717) is 0 Å². The molecule has 20 heavy (non-hydrogen) atoms. The van der Waals surface area contributed by atoms with E-state index in [-0.39, 0.29) is 16.1 Å². The maximum absolute atomic E-state index is 13.6. The predicted molar refractivity (Wildman–Crippen MR) is 73.8 cm³/mol. The first-order valence-electron chi connectivity index (χ1n) is 5.88. The van der Waals surface area contributed by atoms with E-state index in [4.69, 9.17) is 5.73 Å². The molecule has 1 aromatic carbocycles. The smallest absolute Gasteiger partial charge is 0.244 e. The standard InChI is InChI=1S/C13H14FN3O2S/c1-9(10-4-2-3-5-11(10)14)17-20(18,19)13-8-16-7-6-12(13)15/h2-9,17H,1H3,(H2,15,16). The molecule has 1 atom stereocenters. The number of anilines is 1. The molecule has 0 fully saturated rings. The highest BCUT2D eigenvalue weighted by Gasteiger charge is 2.22. The predicted octanol–water partition coefficient (Wildman–Crippen LogP) is 1.84. The van der Waals surface area contributed by atoms with Crippen LogP contribution in [0, 0.1) is 5.82 Å². The molecule has 3 N–H and O–H groups in total. The van der Waals surface area contributed by atoms with Gasteiger partial charge in [0.25, 0.3) is 0 Å². The maximum atomic E-state index is 13.6. The van der Waals surface area contributed by atoms with Crippen LogP contribution < -0.4 is 10.5 Å². The Kier molecular flexibility index (Phi) is 4.01. The molecule has 1 heterocycles. The molecule has 106 valence electrons. The van der Waals surface area contributed by atoms with Gasteiger partial charge < -0.3 is 5.73 Å². The molecule has 0 spiro atoms. The molecule has 5 nitrogen and oxygen atoms in total. The SMILES string of the molecule is CC(NS(=O)(=O)c1cnccc1N)c1ccccc1F. The second kappa shape index (κ2) is 5.56. The van der Waals surface area contributed by atoms with Crippen molar-refractivity contribution in [3.8, 4) is 0 Å². The highest BCUT2D eigenvalue weighted by Crippen LogP contribution is 2.21. The minimum absolute atomic E-state index is 0.0910. The fourth-order valence-electron chi connectivity index (χ4n) is 1.80. The summed E-state index contributed by atoms with van der Waals surface area (Å²) in [6, 6.07) is 6.65. The van der Waals surface area contributed by atoms with Crippen LogP contribution in [0.25, 0.3) is 0 Å². The Morgan fingerprint density at radius 3 is 2.65 bits per heavy atom. The lowest BCUT2D eigenvalue weighted by Gasteiger charge is -2.15. The average molecular weight is 295 g/mol. The first-order chi connectivity index (χ1) is 9.42. The number of nitrogen functional groups attached to an aromatic ring is 1. The second-order valence-electron chi connectivity index (χ2n) is 4.28. The van der Waals surface area contributed by atoms with Gasteiger partial charge in [-0.25, -0.2) is 17.5 Å². The lowest BCUT2D eigenvalue weighted by molar-refractivity contribution is 0.550. The van der Waals surface area contributed by atoms with Gasteiger partial charge in [0.05, 0.1) is 5.69 Å². The molecule has 0 radical (unpaired) electrons. The fourth-order valence-corrected chi connectivity index (χ4v) is 3.10. The minimum atomic E-state index is -3.86. The van der Waals surface area contributed by atoms with Crippen LogP contribution in [0.4, 0.5) is 10.1 Å². The molecule has 7 heteroatoms.